The van der Waals surface area contributed by atoms with Gasteiger partial charge in [-0.25, -0.2) is 4.98 Å². The van der Waals surface area contributed by atoms with Gasteiger partial charge < -0.3 is 14.5 Å². The molecule has 2 heterocycles. The topological polar surface area (TPSA) is 132 Å². The maximum Gasteiger partial charge on any atom is 0.277 e. The number of nitro groups is 2. The summed E-state index contributed by atoms with van der Waals surface area (Å²) in [6, 6.07) is 6.58. The summed E-state index contributed by atoms with van der Waals surface area (Å²) in [5.41, 5.74) is -0.410. The van der Waals surface area contributed by atoms with E-state index in [1.165, 1.54) is 23.3 Å². The van der Waals surface area contributed by atoms with Gasteiger partial charge in [0.15, 0.2) is 10.9 Å². The zero-order chi connectivity index (χ0) is 23.0. The van der Waals surface area contributed by atoms with Gasteiger partial charge in [0.05, 0.1) is 38.3 Å². The second-order valence-corrected chi connectivity index (χ2v) is 8.37. The smallest absolute Gasteiger partial charge is 0.277 e. The van der Waals surface area contributed by atoms with Crippen LogP contribution in [0.4, 0.5) is 16.5 Å². The number of carbonyl (C=O) groups excluding carboxylic acids is 1. The number of carbonyl (C=O) groups is 1. The molecule has 0 N–H and O–H groups in total. The SMILES string of the molecule is COc1c(Cl)ccc2sc(N3CCN(C(=O)c4cc([N+](=O)[O-])cc([N+](=O)[O-])c4)CC3)nc12. The molecule has 0 atom stereocenters. The summed E-state index contributed by atoms with van der Waals surface area (Å²) in [5.74, 6) is 0.0157. The second-order valence-electron chi connectivity index (χ2n) is 6.96. The van der Waals surface area contributed by atoms with Crippen LogP contribution in [0, 0.1) is 20.2 Å². The fourth-order valence-corrected chi connectivity index (χ4v) is 4.72. The molecule has 3 aromatic rings. The molecule has 2 aromatic carbocycles. The summed E-state index contributed by atoms with van der Waals surface area (Å²) in [6.07, 6.45) is 0. The minimum Gasteiger partial charge on any atom is -0.493 e. The molecule has 1 amide bonds. The number of aromatic nitrogens is 1. The zero-order valence-corrected chi connectivity index (χ0v) is 18.3. The third-order valence-corrected chi connectivity index (χ3v) is 6.45. The van der Waals surface area contributed by atoms with Crippen molar-refractivity contribution in [2.45, 2.75) is 0 Å². The van der Waals surface area contributed by atoms with Gasteiger partial charge in [-0.1, -0.05) is 22.9 Å². The normalized spacial score (nSPS) is 13.9. The van der Waals surface area contributed by atoms with Gasteiger partial charge in [0, 0.05) is 38.3 Å². The molecule has 166 valence electrons. The zero-order valence-electron chi connectivity index (χ0n) is 16.7. The molecular formula is C19H16ClN5O6S. The molecule has 1 aliphatic rings. The minimum absolute atomic E-state index is 0.0845. The van der Waals surface area contributed by atoms with Crippen molar-refractivity contribution in [1.82, 2.24) is 9.88 Å². The molecule has 11 nitrogen and oxygen atoms in total. The van der Waals surface area contributed by atoms with E-state index in [0.29, 0.717) is 42.5 Å². The minimum atomic E-state index is -0.755. The second kappa shape index (κ2) is 8.55. The van der Waals surface area contributed by atoms with Crippen molar-refractivity contribution in [1.29, 1.82) is 0 Å². The molecule has 0 saturated carbocycles. The standard InChI is InChI=1S/C19H16ClN5O6S/c1-31-17-14(20)2-3-15-16(17)21-19(32-15)23-6-4-22(5-7-23)18(26)11-8-12(24(27)28)10-13(9-11)25(29)30/h2-3,8-10H,4-7H2,1H3. The maximum absolute atomic E-state index is 12.9. The van der Waals surface area contributed by atoms with E-state index in [2.05, 4.69) is 4.98 Å². The third-order valence-electron chi connectivity index (χ3n) is 5.07. The number of non-ortho nitro benzene ring substituents is 2. The Labute approximate surface area is 190 Å². The lowest BCUT2D eigenvalue weighted by atomic mass is 10.1. The molecule has 0 unspecified atom stereocenters. The highest BCUT2D eigenvalue weighted by Gasteiger charge is 2.27. The average molecular weight is 478 g/mol. The van der Waals surface area contributed by atoms with Gasteiger partial charge in [-0.3, -0.25) is 25.0 Å². The number of fused-ring (bicyclic) bond motifs is 1. The van der Waals surface area contributed by atoms with Crippen LogP contribution >= 0.6 is 22.9 Å². The van der Waals surface area contributed by atoms with E-state index >= 15 is 0 Å². The monoisotopic (exact) mass is 477 g/mol. The number of hydrogen-bond acceptors (Lipinski definition) is 9. The molecule has 1 aromatic heterocycles. The molecule has 4 rings (SSSR count). The first kappa shape index (κ1) is 21.7. The molecule has 0 spiro atoms. The number of piperazine rings is 1. The van der Waals surface area contributed by atoms with E-state index in [1.54, 1.807) is 6.07 Å². The number of amides is 1. The number of methoxy groups -OCH3 is 1. The van der Waals surface area contributed by atoms with Crippen molar-refractivity contribution in [2.75, 3.05) is 38.2 Å². The van der Waals surface area contributed by atoms with Crippen molar-refractivity contribution in [3.8, 4) is 5.75 Å². The van der Waals surface area contributed by atoms with Crippen LogP contribution in [0.3, 0.4) is 0 Å². The average Bonchev–Trinajstić information content (AvgIpc) is 3.22. The van der Waals surface area contributed by atoms with Gasteiger partial charge in [0.2, 0.25) is 0 Å². The van der Waals surface area contributed by atoms with Crippen LogP contribution in [0.15, 0.2) is 30.3 Å². The summed E-state index contributed by atoms with van der Waals surface area (Å²) in [7, 11) is 1.53. The Bertz CT molecular complexity index is 1210. The van der Waals surface area contributed by atoms with Crippen LogP contribution in [0.2, 0.25) is 5.02 Å². The van der Waals surface area contributed by atoms with Crippen molar-refractivity contribution in [3.63, 3.8) is 0 Å². The number of halogens is 1. The fourth-order valence-electron chi connectivity index (χ4n) is 3.48. The first-order valence-electron chi connectivity index (χ1n) is 9.39. The number of nitrogens with zero attached hydrogens (tertiary/aromatic N) is 5. The Morgan fingerprint density at radius 2 is 1.72 bits per heavy atom. The summed E-state index contributed by atoms with van der Waals surface area (Å²) in [4.78, 5) is 41.7. The molecule has 0 radical (unpaired) electrons. The molecule has 0 aliphatic carbocycles. The first-order valence-corrected chi connectivity index (χ1v) is 10.6. The van der Waals surface area contributed by atoms with E-state index < -0.39 is 27.1 Å². The molecule has 13 heteroatoms. The lowest BCUT2D eigenvalue weighted by molar-refractivity contribution is -0.394. The number of hydrogen-bond donors (Lipinski definition) is 0. The number of thiazole rings is 1. The lowest BCUT2D eigenvalue weighted by Gasteiger charge is -2.34. The number of benzene rings is 2. The van der Waals surface area contributed by atoms with Crippen LogP contribution in [0.25, 0.3) is 10.2 Å². The van der Waals surface area contributed by atoms with E-state index in [9.17, 15) is 25.0 Å². The first-order chi connectivity index (χ1) is 15.3. The fraction of sp³-hybridized carbons (Fsp3) is 0.263. The van der Waals surface area contributed by atoms with Gasteiger partial charge >= 0.3 is 0 Å². The van der Waals surface area contributed by atoms with Crippen LogP contribution in [0.5, 0.6) is 5.75 Å². The van der Waals surface area contributed by atoms with Crippen LogP contribution in [-0.4, -0.2) is 58.9 Å². The van der Waals surface area contributed by atoms with Crippen LogP contribution in [-0.2, 0) is 0 Å². The largest absolute Gasteiger partial charge is 0.493 e. The van der Waals surface area contributed by atoms with E-state index in [0.717, 1.165) is 28.0 Å². The van der Waals surface area contributed by atoms with E-state index in [-0.39, 0.29) is 5.56 Å². The predicted molar refractivity (Wildman–Crippen MR) is 119 cm³/mol. The summed E-state index contributed by atoms with van der Waals surface area (Å²) in [6.45, 7) is 1.64. The predicted octanol–water partition coefficient (Wildman–Crippen LogP) is 3.74. The molecule has 0 bridgehead atoms. The summed E-state index contributed by atoms with van der Waals surface area (Å²) in [5, 5.41) is 23.4. The highest BCUT2D eigenvalue weighted by molar-refractivity contribution is 7.22. The number of ether oxygens (including phenoxy) is 1. The Kier molecular flexibility index (Phi) is 5.80. The van der Waals surface area contributed by atoms with Gasteiger partial charge in [-0.2, -0.15) is 0 Å². The van der Waals surface area contributed by atoms with Crippen molar-refractivity contribution in [2.24, 2.45) is 0 Å². The Hall–Kier alpha value is -3.51. The summed E-state index contributed by atoms with van der Waals surface area (Å²) >= 11 is 7.65. The Morgan fingerprint density at radius 3 is 2.28 bits per heavy atom. The van der Waals surface area contributed by atoms with E-state index in [4.69, 9.17) is 16.3 Å². The summed E-state index contributed by atoms with van der Waals surface area (Å²) < 4.78 is 6.27. The van der Waals surface area contributed by atoms with Gasteiger partial charge in [0.25, 0.3) is 17.3 Å². The van der Waals surface area contributed by atoms with Crippen molar-refractivity contribution in [3.05, 3.63) is 61.1 Å². The van der Waals surface area contributed by atoms with E-state index in [1.807, 2.05) is 11.0 Å². The Morgan fingerprint density at radius 1 is 1.09 bits per heavy atom. The molecule has 1 fully saturated rings. The number of nitro benzene ring substituents is 2. The van der Waals surface area contributed by atoms with Crippen molar-refractivity contribution < 1.29 is 19.4 Å². The third kappa shape index (κ3) is 4.01. The van der Waals surface area contributed by atoms with Crippen LogP contribution < -0.4 is 9.64 Å². The highest BCUT2D eigenvalue weighted by atomic mass is 35.5. The van der Waals surface area contributed by atoms with Gasteiger partial charge in [0.1, 0.15) is 5.52 Å². The molecule has 1 aliphatic heterocycles. The molecule has 1 saturated heterocycles. The highest BCUT2D eigenvalue weighted by Crippen LogP contribution is 2.38. The quantitative estimate of drug-likeness (QED) is 0.401. The number of anilines is 1. The molecular weight excluding hydrogens is 462 g/mol. The maximum atomic E-state index is 12.9. The van der Waals surface area contributed by atoms with Crippen LogP contribution in [0.1, 0.15) is 10.4 Å². The van der Waals surface area contributed by atoms with Gasteiger partial charge in [-0.05, 0) is 12.1 Å². The van der Waals surface area contributed by atoms with Gasteiger partial charge in [-0.15, -0.1) is 0 Å². The molecule has 32 heavy (non-hydrogen) atoms. The lowest BCUT2D eigenvalue weighted by Crippen LogP contribution is -2.48. The number of rotatable bonds is 5. The Balaban J connectivity index is 1.52. The van der Waals surface area contributed by atoms with Crippen molar-refractivity contribution >= 4 is 55.6 Å².